The third-order valence-electron chi connectivity index (χ3n) is 3.87. The molecule has 6 heteroatoms. The third kappa shape index (κ3) is 8.05. The number of nitrogens with one attached hydrogen (secondary N) is 2. The molecule has 0 heterocycles. The zero-order valence-electron chi connectivity index (χ0n) is 15.2. The van der Waals surface area contributed by atoms with Gasteiger partial charge in [0, 0.05) is 19.6 Å². The average Bonchev–Trinajstić information content (AvgIpc) is 2.69. The molecule has 6 nitrogen and oxygen atoms in total. The number of hydrogen-bond donors (Lipinski definition) is 4. The highest BCUT2D eigenvalue weighted by Crippen LogP contribution is 2.04. The van der Waals surface area contributed by atoms with Gasteiger partial charge in [-0.25, -0.2) is 0 Å². The van der Waals surface area contributed by atoms with Crippen molar-refractivity contribution in [2.24, 2.45) is 11.5 Å². The number of nitrogens with two attached hydrogens (primary N) is 2. The molecular formula is C20H30N4O2. The number of ether oxygens (including phenoxy) is 2. The van der Waals surface area contributed by atoms with E-state index in [0.29, 0.717) is 46.1 Å². The Balaban J connectivity index is 1.85. The second-order valence-corrected chi connectivity index (χ2v) is 6.10. The Kier molecular flexibility index (Phi) is 9.27. The largest absolute Gasteiger partial charge is 0.378 e. The molecule has 0 aliphatic carbocycles. The molecule has 0 saturated heterocycles. The fraction of sp³-hybridized carbons (Fsp3) is 0.400. The summed E-state index contributed by atoms with van der Waals surface area (Å²) in [6.45, 7) is 3.63. The Morgan fingerprint density at radius 3 is 1.73 bits per heavy atom. The van der Waals surface area contributed by atoms with E-state index in [0.717, 1.165) is 11.1 Å². The fourth-order valence-electron chi connectivity index (χ4n) is 2.41. The zero-order valence-corrected chi connectivity index (χ0v) is 15.2. The van der Waals surface area contributed by atoms with Crippen molar-refractivity contribution in [1.29, 1.82) is 0 Å². The molecule has 0 aliphatic rings. The zero-order chi connectivity index (χ0) is 18.5. The summed E-state index contributed by atoms with van der Waals surface area (Å²) in [5.74, 6) is -0.848. The van der Waals surface area contributed by atoms with E-state index in [1.807, 2.05) is 36.4 Å². The lowest BCUT2D eigenvalue weighted by atomic mass is 10.2. The van der Waals surface area contributed by atoms with Crippen LogP contribution in [0.2, 0.25) is 0 Å². The molecule has 2 rings (SSSR count). The summed E-state index contributed by atoms with van der Waals surface area (Å²) in [4.78, 5) is 0. The van der Waals surface area contributed by atoms with Crippen LogP contribution in [0.15, 0.2) is 60.7 Å². The van der Waals surface area contributed by atoms with Crippen LogP contribution in [0.25, 0.3) is 0 Å². The van der Waals surface area contributed by atoms with Crippen LogP contribution in [0, 0.1) is 0 Å². The van der Waals surface area contributed by atoms with Gasteiger partial charge in [0.15, 0.2) is 0 Å². The van der Waals surface area contributed by atoms with Gasteiger partial charge in [0.05, 0.1) is 26.4 Å². The summed E-state index contributed by atoms with van der Waals surface area (Å²) in [5, 5.41) is 6.73. The van der Waals surface area contributed by atoms with Crippen LogP contribution >= 0.6 is 0 Å². The topological polar surface area (TPSA) is 94.6 Å². The van der Waals surface area contributed by atoms with Gasteiger partial charge in [0.25, 0.3) is 0 Å². The van der Waals surface area contributed by atoms with Crippen LogP contribution in [0.1, 0.15) is 11.1 Å². The van der Waals surface area contributed by atoms with Gasteiger partial charge in [0.2, 0.25) is 0 Å². The highest BCUT2D eigenvalue weighted by molar-refractivity contribution is 5.16. The lowest BCUT2D eigenvalue weighted by Gasteiger charge is -2.32. The number of hydrogen-bond acceptors (Lipinski definition) is 6. The lowest BCUT2D eigenvalue weighted by Crippen LogP contribution is -2.66. The van der Waals surface area contributed by atoms with Gasteiger partial charge >= 0.3 is 0 Å². The quantitative estimate of drug-likeness (QED) is 0.317. The van der Waals surface area contributed by atoms with Crippen LogP contribution in [0.5, 0.6) is 0 Å². The molecule has 2 aromatic carbocycles. The molecule has 0 unspecified atom stereocenters. The Morgan fingerprint density at radius 1 is 0.731 bits per heavy atom. The molecule has 0 atom stereocenters. The van der Waals surface area contributed by atoms with Gasteiger partial charge < -0.3 is 15.2 Å². The van der Waals surface area contributed by atoms with E-state index in [-0.39, 0.29) is 0 Å². The smallest absolute Gasteiger partial charge is 0.145 e. The molecule has 0 aliphatic heterocycles. The first-order chi connectivity index (χ1) is 12.7. The molecule has 0 aromatic heterocycles. The van der Waals surface area contributed by atoms with E-state index < -0.39 is 5.79 Å². The van der Waals surface area contributed by atoms with Crippen molar-refractivity contribution in [2.75, 3.05) is 33.0 Å². The van der Waals surface area contributed by atoms with Crippen molar-refractivity contribution in [3.8, 4) is 0 Å². The predicted molar refractivity (Wildman–Crippen MR) is 104 cm³/mol. The van der Waals surface area contributed by atoms with Gasteiger partial charge in [0.1, 0.15) is 5.79 Å². The molecule has 0 saturated carbocycles. The molecule has 6 N–H and O–H groups in total. The van der Waals surface area contributed by atoms with Crippen LogP contribution in [0.4, 0.5) is 0 Å². The molecule has 0 fully saturated rings. The Morgan fingerprint density at radius 2 is 1.23 bits per heavy atom. The molecule has 2 aromatic rings. The monoisotopic (exact) mass is 358 g/mol. The predicted octanol–water partition coefficient (Wildman–Crippen LogP) is 1.17. The summed E-state index contributed by atoms with van der Waals surface area (Å²) >= 11 is 0. The summed E-state index contributed by atoms with van der Waals surface area (Å²) in [5.41, 5.74) is 14.2. The van der Waals surface area contributed by atoms with Crippen LogP contribution in [0.3, 0.4) is 0 Å². The van der Waals surface area contributed by atoms with Crippen molar-refractivity contribution in [2.45, 2.75) is 18.9 Å². The molecule has 0 bridgehead atoms. The maximum Gasteiger partial charge on any atom is 0.145 e. The van der Waals surface area contributed by atoms with Crippen LogP contribution in [-0.2, 0) is 22.6 Å². The van der Waals surface area contributed by atoms with E-state index in [4.69, 9.17) is 20.9 Å². The van der Waals surface area contributed by atoms with Crippen molar-refractivity contribution < 1.29 is 9.47 Å². The van der Waals surface area contributed by atoms with Crippen molar-refractivity contribution in [3.63, 3.8) is 0 Å². The summed E-state index contributed by atoms with van der Waals surface area (Å²) < 4.78 is 11.0. The van der Waals surface area contributed by atoms with Gasteiger partial charge in [-0.3, -0.25) is 16.4 Å². The molecule has 0 spiro atoms. The van der Waals surface area contributed by atoms with Gasteiger partial charge in [-0.05, 0) is 11.1 Å². The summed E-state index contributed by atoms with van der Waals surface area (Å²) in [6.07, 6.45) is 0. The highest BCUT2D eigenvalue weighted by Gasteiger charge is 2.24. The van der Waals surface area contributed by atoms with Crippen LogP contribution < -0.4 is 22.1 Å². The molecule has 0 amide bonds. The first kappa shape index (κ1) is 20.5. The highest BCUT2D eigenvalue weighted by atomic mass is 16.5. The van der Waals surface area contributed by atoms with Gasteiger partial charge in [-0.1, -0.05) is 60.7 Å². The van der Waals surface area contributed by atoms with Gasteiger partial charge in [-0.15, -0.1) is 0 Å². The van der Waals surface area contributed by atoms with Crippen molar-refractivity contribution in [3.05, 3.63) is 71.8 Å². The summed E-state index contributed by atoms with van der Waals surface area (Å²) in [6, 6.07) is 20.3. The van der Waals surface area contributed by atoms with Crippen LogP contribution in [-0.4, -0.2) is 38.8 Å². The maximum absolute atomic E-state index is 6.53. The first-order valence-corrected chi connectivity index (χ1v) is 8.94. The minimum absolute atomic E-state index is 0.318. The number of rotatable bonds is 13. The SMILES string of the molecule is NCCOCCOCC(N)(NCc1ccccc1)NCc1ccccc1. The van der Waals surface area contributed by atoms with E-state index in [9.17, 15) is 0 Å². The van der Waals surface area contributed by atoms with E-state index in [1.54, 1.807) is 0 Å². The maximum atomic E-state index is 6.53. The standard InChI is InChI=1S/C20H30N4O2/c21-11-12-25-13-14-26-17-20(22,23-15-18-7-3-1-4-8-18)24-16-19-9-5-2-6-10-19/h1-10,23-24H,11-17,21-22H2. The molecular weight excluding hydrogens is 328 g/mol. The van der Waals surface area contributed by atoms with E-state index in [1.165, 1.54) is 0 Å². The van der Waals surface area contributed by atoms with Gasteiger partial charge in [-0.2, -0.15) is 0 Å². The average molecular weight is 358 g/mol. The fourth-order valence-corrected chi connectivity index (χ4v) is 2.41. The molecule has 26 heavy (non-hydrogen) atoms. The molecule has 0 radical (unpaired) electrons. The lowest BCUT2D eigenvalue weighted by molar-refractivity contribution is 0.0119. The number of benzene rings is 2. The first-order valence-electron chi connectivity index (χ1n) is 8.94. The second-order valence-electron chi connectivity index (χ2n) is 6.10. The van der Waals surface area contributed by atoms with E-state index in [2.05, 4.69) is 34.9 Å². The molecule has 142 valence electrons. The summed E-state index contributed by atoms with van der Waals surface area (Å²) in [7, 11) is 0. The minimum Gasteiger partial charge on any atom is -0.378 e. The third-order valence-corrected chi connectivity index (χ3v) is 3.87. The minimum atomic E-state index is -0.848. The van der Waals surface area contributed by atoms with E-state index >= 15 is 0 Å². The second kappa shape index (κ2) is 11.7. The van der Waals surface area contributed by atoms with Crippen molar-refractivity contribution in [1.82, 2.24) is 10.6 Å². The van der Waals surface area contributed by atoms with Crippen molar-refractivity contribution >= 4 is 0 Å². The Bertz CT molecular complexity index is 552. The Labute approximate surface area is 155 Å². The normalized spacial score (nSPS) is 11.6. The Hall–Kier alpha value is -1.80.